The Labute approximate surface area is 114 Å². The third-order valence-corrected chi connectivity index (χ3v) is 2.84. The van der Waals surface area contributed by atoms with Crippen LogP contribution in [-0.2, 0) is 0 Å². The van der Waals surface area contributed by atoms with E-state index in [1.54, 1.807) is 12.1 Å². The molecule has 0 spiro atoms. The minimum atomic E-state index is -0.0769. The number of Topliss-reactive ketones (excluding diaryl/α,β-unsaturated/α-hetero) is 1. The molecular formula is C12H10IN3O. The molecule has 0 N–H and O–H groups in total. The van der Waals surface area contributed by atoms with Crippen LogP contribution in [0.25, 0.3) is 0 Å². The van der Waals surface area contributed by atoms with Crippen molar-refractivity contribution in [2.45, 2.75) is 0 Å². The second-order valence-corrected chi connectivity index (χ2v) is 4.64. The summed E-state index contributed by atoms with van der Waals surface area (Å²) in [6.45, 7) is 0.273. The summed E-state index contributed by atoms with van der Waals surface area (Å²) < 4.78 is 1.06. The van der Waals surface area contributed by atoms with Gasteiger partial charge >= 0.3 is 0 Å². The molecule has 0 fully saturated rings. The van der Waals surface area contributed by atoms with Crippen LogP contribution in [0, 0.1) is 26.2 Å². The molecule has 0 aliphatic rings. The number of hydrogen-bond acceptors (Lipinski definition) is 4. The maximum absolute atomic E-state index is 11.9. The van der Waals surface area contributed by atoms with Gasteiger partial charge in [0.1, 0.15) is 0 Å². The lowest BCUT2D eigenvalue weighted by Gasteiger charge is -2.13. The first-order valence-corrected chi connectivity index (χ1v) is 6.00. The van der Waals surface area contributed by atoms with E-state index in [1.165, 1.54) is 4.90 Å². The molecule has 0 amide bonds. The molecule has 0 aliphatic carbocycles. The standard InChI is InChI=1S/C12H10IN3O/c13-11-3-1-10(2-4-11)12(17)9-16(7-5-14)8-6-15/h1-4H,7-9H2. The molecule has 1 rings (SSSR count). The van der Waals surface area contributed by atoms with Gasteiger partial charge in [0.25, 0.3) is 0 Å². The van der Waals surface area contributed by atoms with Crippen molar-refractivity contribution in [3.63, 3.8) is 0 Å². The highest BCUT2D eigenvalue weighted by Crippen LogP contribution is 2.08. The summed E-state index contributed by atoms with van der Waals surface area (Å²) in [6.07, 6.45) is 0. The molecule has 4 nitrogen and oxygen atoms in total. The van der Waals surface area contributed by atoms with Crippen LogP contribution in [0.3, 0.4) is 0 Å². The van der Waals surface area contributed by atoms with Gasteiger partial charge in [0, 0.05) is 9.13 Å². The molecule has 0 saturated heterocycles. The molecule has 0 heterocycles. The first-order chi connectivity index (χ1) is 8.17. The third-order valence-electron chi connectivity index (χ3n) is 2.12. The zero-order chi connectivity index (χ0) is 12.7. The summed E-state index contributed by atoms with van der Waals surface area (Å²) in [5.74, 6) is -0.0769. The molecule has 17 heavy (non-hydrogen) atoms. The number of carbonyl (C=O) groups excluding carboxylic acids is 1. The lowest BCUT2D eigenvalue weighted by molar-refractivity contribution is 0.0946. The highest BCUT2D eigenvalue weighted by molar-refractivity contribution is 14.1. The Balaban J connectivity index is 2.68. The Kier molecular flexibility index (Phi) is 5.61. The van der Waals surface area contributed by atoms with Crippen LogP contribution in [-0.4, -0.2) is 30.3 Å². The van der Waals surface area contributed by atoms with E-state index < -0.39 is 0 Å². The second kappa shape index (κ2) is 7.00. The minimum Gasteiger partial charge on any atom is -0.293 e. The third kappa shape index (κ3) is 4.51. The van der Waals surface area contributed by atoms with E-state index in [9.17, 15) is 4.79 Å². The average Bonchev–Trinajstić information content (AvgIpc) is 2.30. The number of carbonyl (C=O) groups is 1. The Morgan fingerprint density at radius 2 is 1.71 bits per heavy atom. The molecule has 5 heteroatoms. The molecule has 1 aromatic rings. The van der Waals surface area contributed by atoms with E-state index in [0.717, 1.165) is 3.57 Å². The predicted octanol–water partition coefficient (Wildman–Crippen LogP) is 1.82. The average molecular weight is 339 g/mol. The molecule has 0 aromatic heterocycles. The summed E-state index contributed by atoms with van der Waals surface area (Å²) in [5.41, 5.74) is 0.603. The van der Waals surface area contributed by atoms with Gasteiger partial charge in [0.15, 0.2) is 5.78 Å². The van der Waals surface area contributed by atoms with Crippen molar-refractivity contribution in [1.82, 2.24) is 4.90 Å². The largest absolute Gasteiger partial charge is 0.293 e. The van der Waals surface area contributed by atoms with Gasteiger partial charge in [-0.05, 0) is 34.7 Å². The zero-order valence-electron chi connectivity index (χ0n) is 9.06. The van der Waals surface area contributed by atoms with Crippen LogP contribution in [0.15, 0.2) is 24.3 Å². The maximum Gasteiger partial charge on any atom is 0.176 e. The molecule has 0 aliphatic heterocycles. The monoisotopic (exact) mass is 339 g/mol. The molecule has 0 unspecified atom stereocenters. The highest BCUT2D eigenvalue weighted by atomic mass is 127. The van der Waals surface area contributed by atoms with E-state index in [1.807, 2.05) is 24.3 Å². The normalized spacial score (nSPS) is 9.65. The molecule has 0 radical (unpaired) electrons. The molecule has 0 bridgehead atoms. The number of ketones is 1. The fourth-order valence-electron chi connectivity index (χ4n) is 1.30. The first-order valence-electron chi connectivity index (χ1n) is 4.92. The number of nitriles is 2. The van der Waals surface area contributed by atoms with E-state index >= 15 is 0 Å². The zero-order valence-corrected chi connectivity index (χ0v) is 11.2. The minimum absolute atomic E-state index is 0.0769. The Morgan fingerprint density at radius 1 is 1.18 bits per heavy atom. The Bertz CT molecular complexity index is 454. The summed E-state index contributed by atoms with van der Waals surface area (Å²) in [5, 5.41) is 17.1. The van der Waals surface area contributed by atoms with Crippen LogP contribution in [0.5, 0.6) is 0 Å². The van der Waals surface area contributed by atoms with E-state index in [0.29, 0.717) is 5.56 Å². The number of nitrogens with zero attached hydrogens (tertiary/aromatic N) is 3. The van der Waals surface area contributed by atoms with Crippen molar-refractivity contribution in [3.8, 4) is 12.1 Å². The van der Waals surface area contributed by atoms with Gasteiger partial charge in [-0.25, -0.2) is 0 Å². The molecule has 0 saturated carbocycles. The first kappa shape index (κ1) is 13.6. The van der Waals surface area contributed by atoms with E-state index in [-0.39, 0.29) is 25.4 Å². The molecular weight excluding hydrogens is 329 g/mol. The summed E-state index contributed by atoms with van der Waals surface area (Å²) >= 11 is 2.16. The van der Waals surface area contributed by atoms with Crippen LogP contribution in [0.2, 0.25) is 0 Å². The van der Waals surface area contributed by atoms with Crippen LogP contribution < -0.4 is 0 Å². The fourth-order valence-corrected chi connectivity index (χ4v) is 1.66. The SMILES string of the molecule is N#CCN(CC#N)CC(=O)c1ccc(I)cc1. The van der Waals surface area contributed by atoms with Crippen LogP contribution in [0.1, 0.15) is 10.4 Å². The number of hydrogen-bond donors (Lipinski definition) is 0. The van der Waals surface area contributed by atoms with Gasteiger partial charge in [-0.2, -0.15) is 10.5 Å². The van der Waals surface area contributed by atoms with E-state index in [2.05, 4.69) is 22.6 Å². The topological polar surface area (TPSA) is 67.9 Å². The quantitative estimate of drug-likeness (QED) is 0.466. The van der Waals surface area contributed by atoms with Gasteiger partial charge in [-0.1, -0.05) is 12.1 Å². The number of halogens is 1. The lowest BCUT2D eigenvalue weighted by atomic mass is 10.1. The van der Waals surface area contributed by atoms with Gasteiger partial charge in [0.05, 0.1) is 31.8 Å². The van der Waals surface area contributed by atoms with Gasteiger partial charge in [-0.15, -0.1) is 0 Å². The van der Waals surface area contributed by atoms with E-state index in [4.69, 9.17) is 10.5 Å². The Morgan fingerprint density at radius 3 is 2.18 bits per heavy atom. The van der Waals surface area contributed by atoms with Crippen LogP contribution >= 0.6 is 22.6 Å². The molecule has 1 aromatic carbocycles. The highest BCUT2D eigenvalue weighted by Gasteiger charge is 2.11. The van der Waals surface area contributed by atoms with Gasteiger partial charge in [-0.3, -0.25) is 9.69 Å². The lowest BCUT2D eigenvalue weighted by Crippen LogP contribution is -2.30. The van der Waals surface area contributed by atoms with Crippen molar-refractivity contribution in [2.24, 2.45) is 0 Å². The van der Waals surface area contributed by atoms with Crippen molar-refractivity contribution in [1.29, 1.82) is 10.5 Å². The van der Waals surface area contributed by atoms with Crippen molar-refractivity contribution in [2.75, 3.05) is 19.6 Å². The number of rotatable bonds is 5. The van der Waals surface area contributed by atoms with Crippen LogP contribution in [0.4, 0.5) is 0 Å². The van der Waals surface area contributed by atoms with Crippen molar-refractivity contribution >= 4 is 28.4 Å². The maximum atomic E-state index is 11.9. The molecule has 0 atom stereocenters. The van der Waals surface area contributed by atoms with Gasteiger partial charge < -0.3 is 0 Å². The Hall–Kier alpha value is -1.44. The summed E-state index contributed by atoms with van der Waals surface area (Å²) in [6, 6.07) is 11.1. The summed E-state index contributed by atoms with van der Waals surface area (Å²) in [4.78, 5) is 13.4. The predicted molar refractivity (Wildman–Crippen MR) is 71.2 cm³/mol. The summed E-state index contributed by atoms with van der Waals surface area (Å²) in [7, 11) is 0. The fraction of sp³-hybridized carbons (Fsp3) is 0.250. The van der Waals surface area contributed by atoms with Gasteiger partial charge in [0.2, 0.25) is 0 Å². The molecule has 86 valence electrons. The van der Waals surface area contributed by atoms with Crippen molar-refractivity contribution < 1.29 is 4.79 Å². The van der Waals surface area contributed by atoms with Crippen molar-refractivity contribution in [3.05, 3.63) is 33.4 Å². The number of benzene rings is 1. The smallest absolute Gasteiger partial charge is 0.176 e. The second-order valence-electron chi connectivity index (χ2n) is 3.39.